The van der Waals surface area contributed by atoms with Crippen molar-refractivity contribution < 1.29 is 4.43 Å². The lowest BCUT2D eigenvalue weighted by molar-refractivity contribution is 0.298. The molecule has 0 aromatic rings. The Balaban J connectivity index is 3.63. The minimum atomic E-state index is -1.34. The van der Waals surface area contributed by atoms with Crippen molar-refractivity contribution in [3.63, 3.8) is 0 Å². The normalized spacial score (nSPS) is 15.3. The third kappa shape index (κ3) is 5.32. The van der Waals surface area contributed by atoms with Crippen LogP contribution in [0.2, 0.25) is 19.1 Å². The minimum Gasteiger partial charge on any atom is -0.406 e. The fourth-order valence-corrected chi connectivity index (χ4v) is 4.22. The lowest BCUT2D eigenvalue weighted by Gasteiger charge is -2.24. The van der Waals surface area contributed by atoms with Crippen LogP contribution in [0.25, 0.3) is 0 Å². The maximum atomic E-state index is 5.68. The topological polar surface area (TPSA) is 9.23 Å². The number of thiol groups is 1. The van der Waals surface area contributed by atoms with Gasteiger partial charge in [0.2, 0.25) is 0 Å². The average Bonchev–Trinajstić information content (AvgIpc) is 1.59. The fourth-order valence-electron chi connectivity index (χ4n) is 1.12. The van der Waals surface area contributed by atoms with Crippen LogP contribution >= 0.6 is 12.6 Å². The molecule has 0 amide bonds. The van der Waals surface area contributed by atoms with Gasteiger partial charge in [-0.2, -0.15) is 0 Å². The highest BCUT2D eigenvalue weighted by Crippen LogP contribution is 2.16. The second-order valence-electron chi connectivity index (χ2n) is 3.23. The highest BCUT2D eigenvalue weighted by molar-refractivity contribution is 7.80. The molecule has 1 nitrogen and oxygen atoms in total. The van der Waals surface area contributed by atoms with Gasteiger partial charge in [0.15, 0.2) is 8.32 Å². The molecule has 0 spiro atoms. The zero-order valence-electron chi connectivity index (χ0n) is 7.35. The Morgan fingerprint density at radius 3 is 2.30 bits per heavy atom. The Hall–Kier alpha value is 0.527. The van der Waals surface area contributed by atoms with Crippen LogP contribution in [-0.4, -0.2) is 13.8 Å². The summed E-state index contributed by atoms with van der Waals surface area (Å²) in [4.78, 5) is 0. The summed E-state index contributed by atoms with van der Waals surface area (Å²) in [5, 5.41) is 0. The van der Waals surface area contributed by atoms with E-state index >= 15 is 0 Å². The maximum absolute atomic E-state index is 5.68. The largest absolute Gasteiger partial charge is 0.406 e. The van der Waals surface area contributed by atoms with E-state index in [1.165, 1.54) is 12.5 Å². The number of rotatable bonds is 4. The maximum Gasteiger partial charge on any atom is 0.188 e. The minimum absolute atomic E-state index is 0.105. The van der Waals surface area contributed by atoms with Crippen molar-refractivity contribution in [2.24, 2.45) is 0 Å². The molecule has 0 aliphatic heterocycles. The predicted octanol–water partition coefficient (Wildman–Crippen LogP) is 2.89. The summed E-state index contributed by atoms with van der Waals surface area (Å²) in [6.07, 6.45) is 1.22. The predicted molar refractivity (Wildman–Crippen MR) is 52.1 cm³/mol. The first-order valence-electron chi connectivity index (χ1n) is 3.84. The molecular formula is C7H18OSSi. The second kappa shape index (κ2) is 4.41. The number of hydrogen-bond donors (Lipinski definition) is 1. The van der Waals surface area contributed by atoms with Crippen LogP contribution in [0.4, 0.5) is 0 Å². The van der Waals surface area contributed by atoms with Gasteiger partial charge in [-0.25, -0.2) is 0 Å². The first kappa shape index (κ1) is 10.5. The molecule has 0 N–H and O–H groups in total. The van der Waals surface area contributed by atoms with Crippen LogP contribution in [0.5, 0.6) is 0 Å². The third-order valence-corrected chi connectivity index (χ3v) is 4.34. The Morgan fingerprint density at radius 1 is 1.50 bits per heavy atom. The summed E-state index contributed by atoms with van der Waals surface area (Å²) < 4.78 is 5.68. The molecule has 0 radical (unpaired) electrons. The Morgan fingerprint density at radius 2 is 2.00 bits per heavy atom. The van der Waals surface area contributed by atoms with Gasteiger partial charge in [0, 0.05) is 0 Å². The molecule has 0 bridgehead atoms. The summed E-state index contributed by atoms with van der Waals surface area (Å²) in [5.74, 6) is 0. The van der Waals surface area contributed by atoms with Crippen molar-refractivity contribution in [2.45, 2.75) is 44.8 Å². The van der Waals surface area contributed by atoms with Crippen LogP contribution in [0, 0.1) is 0 Å². The molecule has 0 aliphatic carbocycles. The Bertz CT molecular complexity index is 93.6. The van der Waals surface area contributed by atoms with Gasteiger partial charge in [0.25, 0.3) is 0 Å². The van der Waals surface area contributed by atoms with Crippen LogP contribution in [0.15, 0.2) is 0 Å². The van der Waals surface area contributed by atoms with Crippen LogP contribution < -0.4 is 0 Å². The van der Waals surface area contributed by atoms with Gasteiger partial charge in [-0.15, -0.1) is 12.6 Å². The Labute approximate surface area is 70.7 Å². The van der Waals surface area contributed by atoms with Gasteiger partial charge in [-0.3, -0.25) is 0 Å². The zero-order valence-corrected chi connectivity index (χ0v) is 9.24. The lowest BCUT2D eigenvalue weighted by atomic mass is 10.6. The van der Waals surface area contributed by atoms with E-state index in [1.807, 2.05) is 6.92 Å². The fraction of sp³-hybridized carbons (Fsp3) is 1.00. The molecule has 0 aliphatic rings. The molecule has 0 saturated heterocycles. The molecule has 0 saturated carbocycles. The van der Waals surface area contributed by atoms with E-state index < -0.39 is 8.32 Å². The first-order valence-corrected chi connectivity index (χ1v) is 7.47. The SMILES string of the molecule is CCC[Si](C)(C)OC(C)S. The highest BCUT2D eigenvalue weighted by atomic mass is 32.1. The van der Waals surface area contributed by atoms with Crippen molar-refractivity contribution in [2.75, 3.05) is 0 Å². The van der Waals surface area contributed by atoms with E-state index in [0.29, 0.717) is 0 Å². The van der Waals surface area contributed by atoms with Crippen molar-refractivity contribution in [1.82, 2.24) is 0 Å². The second-order valence-corrected chi connectivity index (χ2v) is 8.21. The third-order valence-electron chi connectivity index (χ3n) is 1.34. The standard InChI is InChI=1S/C7H18OSSi/c1-5-6-10(3,4)8-7(2)9/h7,9H,5-6H2,1-4H3. The van der Waals surface area contributed by atoms with E-state index in [2.05, 4.69) is 32.6 Å². The van der Waals surface area contributed by atoms with E-state index in [4.69, 9.17) is 4.43 Å². The molecule has 62 valence electrons. The molecule has 0 fully saturated rings. The molecule has 0 aromatic carbocycles. The summed E-state index contributed by atoms with van der Waals surface area (Å²) in [7, 11) is -1.34. The van der Waals surface area contributed by atoms with Gasteiger partial charge < -0.3 is 4.43 Å². The van der Waals surface area contributed by atoms with E-state index in [-0.39, 0.29) is 5.44 Å². The van der Waals surface area contributed by atoms with Crippen molar-refractivity contribution in [1.29, 1.82) is 0 Å². The van der Waals surface area contributed by atoms with Gasteiger partial charge in [0.05, 0.1) is 5.44 Å². The number of hydrogen-bond acceptors (Lipinski definition) is 2. The van der Waals surface area contributed by atoms with Gasteiger partial charge in [-0.1, -0.05) is 13.3 Å². The van der Waals surface area contributed by atoms with Crippen LogP contribution in [-0.2, 0) is 4.43 Å². The van der Waals surface area contributed by atoms with Crippen molar-refractivity contribution >= 4 is 20.9 Å². The van der Waals surface area contributed by atoms with E-state index in [0.717, 1.165) is 0 Å². The van der Waals surface area contributed by atoms with Gasteiger partial charge in [0.1, 0.15) is 0 Å². The molecule has 0 heterocycles. The summed E-state index contributed by atoms with van der Waals surface area (Å²) in [6.45, 7) is 8.65. The molecule has 0 aromatic heterocycles. The highest BCUT2D eigenvalue weighted by Gasteiger charge is 2.22. The summed E-state index contributed by atoms with van der Waals surface area (Å²) in [6, 6.07) is 1.23. The van der Waals surface area contributed by atoms with Gasteiger partial charge >= 0.3 is 0 Å². The van der Waals surface area contributed by atoms with Crippen LogP contribution in [0.3, 0.4) is 0 Å². The Kier molecular flexibility index (Phi) is 4.65. The molecular weight excluding hydrogens is 160 g/mol. The van der Waals surface area contributed by atoms with Crippen molar-refractivity contribution in [3.05, 3.63) is 0 Å². The van der Waals surface area contributed by atoms with E-state index in [9.17, 15) is 0 Å². The quantitative estimate of drug-likeness (QED) is 0.396. The summed E-state index contributed by atoms with van der Waals surface area (Å²) in [5.41, 5.74) is 0.105. The van der Waals surface area contributed by atoms with Crippen molar-refractivity contribution in [3.8, 4) is 0 Å². The smallest absolute Gasteiger partial charge is 0.188 e. The lowest BCUT2D eigenvalue weighted by Crippen LogP contribution is -2.32. The molecule has 1 unspecified atom stereocenters. The molecule has 10 heavy (non-hydrogen) atoms. The van der Waals surface area contributed by atoms with Gasteiger partial charge in [-0.05, 0) is 26.1 Å². The van der Waals surface area contributed by atoms with E-state index in [1.54, 1.807) is 0 Å². The molecule has 1 atom stereocenters. The zero-order chi connectivity index (χ0) is 8.20. The van der Waals surface area contributed by atoms with Crippen LogP contribution in [0.1, 0.15) is 20.3 Å². The molecule has 3 heteroatoms. The molecule has 0 rings (SSSR count). The first-order chi connectivity index (χ1) is 4.48. The average molecular weight is 178 g/mol. The summed E-state index contributed by atoms with van der Waals surface area (Å²) >= 11 is 4.20. The monoisotopic (exact) mass is 178 g/mol.